The van der Waals surface area contributed by atoms with E-state index in [1.165, 1.54) is 0 Å². The molecule has 1 aromatic carbocycles. The molecule has 1 amide bonds. The van der Waals surface area contributed by atoms with Gasteiger partial charge in [-0.05, 0) is 17.7 Å². The summed E-state index contributed by atoms with van der Waals surface area (Å²) in [7, 11) is -2.39. The van der Waals surface area contributed by atoms with Crippen LogP contribution in [0.1, 0.15) is 11.3 Å². The first-order valence-electron chi connectivity index (χ1n) is 12.2. The Kier molecular flexibility index (Phi) is 6.34. The molecule has 0 bridgehead atoms. The van der Waals surface area contributed by atoms with Gasteiger partial charge in [-0.1, -0.05) is 6.07 Å². The predicted molar refractivity (Wildman–Crippen MR) is 136 cm³/mol. The van der Waals surface area contributed by atoms with Crippen LogP contribution >= 0.6 is 0 Å². The number of piperazine rings is 1. The van der Waals surface area contributed by atoms with Crippen molar-refractivity contribution in [3.05, 3.63) is 41.9 Å². The molecule has 0 saturated carbocycles. The van der Waals surface area contributed by atoms with Crippen molar-refractivity contribution >= 4 is 33.8 Å². The van der Waals surface area contributed by atoms with E-state index in [1.807, 2.05) is 29.3 Å². The number of morpholine rings is 1. The number of rotatable bonds is 6. The highest BCUT2D eigenvalue weighted by atomic mass is 32.2. The number of carbonyl (C=O) groups excluding carboxylic acids is 1. The highest BCUT2D eigenvalue weighted by Gasteiger charge is 2.23. The van der Waals surface area contributed by atoms with Gasteiger partial charge in [0.2, 0.25) is 5.91 Å². The van der Waals surface area contributed by atoms with Crippen molar-refractivity contribution in [2.45, 2.75) is 13.0 Å². The number of amides is 1. The molecule has 3 aliphatic heterocycles. The average Bonchev–Trinajstić information content (AvgIpc) is 3.46. The van der Waals surface area contributed by atoms with Crippen molar-refractivity contribution in [3.8, 4) is 11.3 Å². The third kappa shape index (κ3) is 4.81. The van der Waals surface area contributed by atoms with Gasteiger partial charge in [0, 0.05) is 69.5 Å². The van der Waals surface area contributed by atoms with E-state index in [1.54, 1.807) is 0 Å². The lowest BCUT2D eigenvalue weighted by molar-refractivity contribution is -0.115. The molecule has 2 saturated heterocycles. The van der Waals surface area contributed by atoms with Gasteiger partial charge in [0.05, 0.1) is 36.9 Å². The molecule has 1 N–H and O–H groups in total. The van der Waals surface area contributed by atoms with Crippen LogP contribution in [0.3, 0.4) is 0 Å². The normalized spacial score (nSPS) is 19.2. The molecular weight excluding hydrogens is 482 g/mol. The van der Waals surface area contributed by atoms with Crippen LogP contribution in [0.25, 0.3) is 16.9 Å². The van der Waals surface area contributed by atoms with Crippen molar-refractivity contribution in [2.24, 2.45) is 0 Å². The third-order valence-electron chi connectivity index (χ3n) is 6.97. The zero-order chi connectivity index (χ0) is 24.6. The molecule has 190 valence electrons. The van der Waals surface area contributed by atoms with Crippen molar-refractivity contribution in [1.82, 2.24) is 24.2 Å². The molecular formula is C24H29N7O4S. The quantitative estimate of drug-likeness (QED) is 0.455. The zero-order valence-electron chi connectivity index (χ0n) is 19.9. The van der Waals surface area contributed by atoms with Crippen molar-refractivity contribution < 1.29 is 17.9 Å². The molecule has 0 aliphatic carbocycles. The number of carbonyl (C=O) groups is 1. The summed E-state index contributed by atoms with van der Waals surface area (Å²) in [6.07, 6.45) is 4.45. The Morgan fingerprint density at radius 3 is 2.53 bits per heavy atom. The number of hydrogen-bond acceptors (Lipinski definition) is 9. The van der Waals surface area contributed by atoms with E-state index < -0.39 is 10.7 Å². The van der Waals surface area contributed by atoms with Crippen molar-refractivity contribution in [3.63, 3.8) is 0 Å². The minimum atomic E-state index is -2.39. The number of anilines is 2. The van der Waals surface area contributed by atoms with Crippen LogP contribution in [0.15, 0.2) is 30.6 Å². The second-order valence-corrected chi connectivity index (χ2v) is 10.4. The summed E-state index contributed by atoms with van der Waals surface area (Å²) in [5.41, 5.74) is 5.41. The molecule has 0 radical (unpaired) electrons. The Bertz CT molecular complexity index is 1370. The lowest BCUT2D eigenvalue weighted by Gasteiger charge is -2.32. The second kappa shape index (κ2) is 9.77. The van der Waals surface area contributed by atoms with E-state index in [9.17, 15) is 13.2 Å². The van der Waals surface area contributed by atoms with Gasteiger partial charge >= 0.3 is 0 Å². The van der Waals surface area contributed by atoms with Gasteiger partial charge in [0.15, 0.2) is 22.2 Å². The molecule has 6 rings (SSSR count). The summed E-state index contributed by atoms with van der Waals surface area (Å²) in [5.74, 6) is 0.976. The van der Waals surface area contributed by atoms with E-state index in [-0.39, 0.29) is 11.8 Å². The molecule has 0 spiro atoms. The first-order chi connectivity index (χ1) is 17.5. The molecule has 0 unspecified atom stereocenters. The van der Waals surface area contributed by atoms with Crippen LogP contribution in [0.4, 0.5) is 11.5 Å². The van der Waals surface area contributed by atoms with E-state index in [4.69, 9.17) is 14.7 Å². The summed E-state index contributed by atoms with van der Waals surface area (Å²) in [6, 6.07) is 5.98. The van der Waals surface area contributed by atoms with Gasteiger partial charge in [-0.25, -0.2) is 18.4 Å². The Balaban J connectivity index is 1.30. The van der Waals surface area contributed by atoms with Crippen LogP contribution in [-0.4, -0.2) is 96.9 Å². The smallest absolute Gasteiger partial charge is 0.228 e. The average molecular weight is 512 g/mol. The molecule has 3 aliphatic rings. The van der Waals surface area contributed by atoms with E-state index >= 15 is 0 Å². The monoisotopic (exact) mass is 511 g/mol. The maximum atomic E-state index is 11.8. The number of nitrogens with one attached hydrogen (secondary N) is 1. The SMILES string of the molecule is O=C1Cc2cc(-c3cn4cc(CN5CCN(C[SH](=O)=O)CC5)nc4c(N4CCOCC4)n3)ccc2N1. The van der Waals surface area contributed by atoms with Crippen LogP contribution in [-0.2, 0) is 33.2 Å². The molecule has 11 nitrogen and oxygen atoms in total. The fourth-order valence-electron chi connectivity index (χ4n) is 5.11. The van der Waals surface area contributed by atoms with E-state index in [0.717, 1.165) is 78.9 Å². The first kappa shape index (κ1) is 23.3. The Morgan fingerprint density at radius 2 is 1.75 bits per heavy atom. The molecule has 36 heavy (non-hydrogen) atoms. The van der Waals surface area contributed by atoms with Crippen molar-refractivity contribution in [1.29, 1.82) is 0 Å². The number of aromatic nitrogens is 3. The van der Waals surface area contributed by atoms with Crippen molar-refractivity contribution in [2.75, 3.05) is 68.6 Å². The molecule has 5 heterocycles. The van der Waals surface area contributed by atoms with Gasteiger partial charge in [-0.15, -0.1) is 0 Å². The number of thiol groups is 1. The Labute approximate surface area is 210 Å². The Morgan fingerprint density at radius 1 is 0.972 bits per heavy atom. The lowest BCUT2D eigenvalue weighted by atomic mass is 10.1. The summed E-state index contributed by atoms with van der Waals surface area (Å²) < 4.78 is 29.7. The number of nitrogens with zero attached hydrogens (tertiary/aromatic N) is 6. The number of ether oxygens (including phenoxy) is 1. The van der Waals surface area contributed by atoms with Crippen LogP contribution in [0, 0.1) is 0 Å². The standard InChI is InChI=1S/C24H29N7O4S/c32-22-12-18-11-17(1-2-20(18)26-22)21-15-31-14-19(13-28-3-5-29(6-4-28)16-36(33)34)25-23(31)24(27-21)30-7-9-35-10-8-30/h1-2,11,14-15,36H,3-10,12-13,16H2,(H,26,32). The number of fused-ring (bicyclic) bond motifs is 2. The highest BCUT2D eigenvalue weighted by molar-refractivity contribution is 7.72. The topological polar surface area (TPSA) is 112 Å². The van der Waals surface area contributed by atoms with Gasteiger partial charge in [0.1, 0.15) is 0 Å². The zero-order valence-corrected chi connectivity index (χ0v) is 20.8. The molecule has 12 heteroatoms. The number of benzene rings is 1. The predicted octanol–water partition coefficient (Wildman–Crippen LogP) is 0.414. The highest BCUT2D eigenvalue weighted by Crippen LogP contribution is 2.31. The van der Waals surface area contributed by atoms with Gasteiger partial charge < -0.3 is 19.4 Å². The summed E-state index contributed by atoms with van der Waals surface area (Å²) in [5, 5.41) is 2.89. The third-order valence-corrected chi connectivity index (χ3v) is 7.60. The fourth-order valence-corrected chi connectivity index (χ4v) is 5.71. The van der Waals surface area contributed by atoms with Gasteiger partial charge in [0.25, 0.3) is 0 Å². The largest absolute Gasteiger partial charge is 0.378 e. The minimum Gasteiger partial charge on any atom is -0.378 e. The number of hydrogen-bond donors (Lipinski definition) is 2. The van der Waals surface area contributed by atoms with E-state index in [2.05, 4.69) is 25.7 Å². The van der Waals surface area contributed by atoms with Gasteiger partial charge in [-0.2, -0.15) is 0 Å². The second-order valence-electron chi connectivity index (χ2n) is 9.48. The van der Waals surface area contributed by atoms with Crippen LogP contribution in [0.5, 0.6) is 0 Å². The summed E-state index contributed by atoms with van der Waals surface area (Å²) in [4.78, 5) is 28.3. The first-order valence-corrected chi connectivity index (χ1v) is 13.6. The molecule has 2 fully saturated rings. The lowest BCUT2D eigenvalue weighted by Crippen LogP contribution is -2.46. The van der Waals surface area contributed by atoms with Crippen LogP contribution < -0.4 is 10.2 Å². The Hall–Kier alpha value is -3.06. The van der Waals surface area contributed by atoms with Gasteiger partial charge in [-0.3, -0.25) is 14.6 Å². The van der Waals surface area contributed by atoms with E-state index in [0.29, 0.717) is 26.2 Å². The minimum absolute atomic E-state index is 0.0153. The molecule has 2 aromatic heterocycles. The summed E-state index contributed by atoms with van der Waals surface area (Å²) in [6.45, 7) is 6.58. The molecule has 0 atom stereocenters. The maximum absolute atomic E-state index is 11.8. The number of imidazole rings is 1. The van der Waals surface area contributed by atoms with Crippen LogP contribution in [0.2, 0.25) is 0 Å². The summed E-state index contributed by atoms with van der Waals surface area (Å²) >= 11 is 0. The maximum Gasteiger partial charge on any atom is 0.228 e. The fraction of sp³-hybridized carbons (Fsp3) is 0.458. The molecule has 3 aromatic rings.